The Hall–Kier alpha value is -2.69. The molecule has 0 atom stereocenters. The number of aryl methyl sites for hydroxylation is 1. The molecule has 0 unspecified atom stereocenters. The van der Waals surface area contributed by atoms with Crippen LogP contribution in [0.15, 0.2) is 42.5 Å². The molecule has 0 saturated carbocycles. The number of hydrogen-bond donors (Lipinski definition) is 2. The van der Waals surface area contributed by atoms with E-state index in [0.29, 0.717) is 17.9 Å². The number of benzene rings is 2. The molecule has 0 aliphatic carbocycles. The van der Waals surface area contributed by atoms with Crippen molar-refractivity contribution in [1.82, 2.24) is 15.3 Å². The van der Waals surface area contributed by atoms with E-state index >= 15 is 0 Å². The van der Waals surface area contributed by atoms with Crippen LogP contribution in [0, 0.1) is 12.7 Å². The van der Waals surface area contributed by atoms with E-state index in [1.165, 1.54) is 24.3 Å². The summed E-state index contributed by atoms with van der Waals surface area (Å²) in [5.74, 6) is 0.0666. The van der Waals surface area contributed by atoms with Gasteiger partial charge in [-0.15, -0.1) is 0 Å². The van der Waals surface area contributed by atoms with E-state index < -0.39 is 0 Å². The zero-order valence-electron chi connectivity index (χ0n) is 11.5. The van der Waals surface area contributed by atoms with E-state index in [0.717, 1.165) is 16.6 Å². The van der Waals surface area contributed by atoms with Crippen LogP contribution in [0.5, 0.6) is 0 Å². The first-order valence-corrected chi connectivity index (χ1v) is 6.61. The van der Waals surface area contributed by atoms with Crippen LogP contribution in [0.4, 0.5) is 4.39 Å². The third-order valence-corrected chi connectivity index (χ3v) is 3.21. The van der Waals surface area contributed by atoms with Gasteiger partial charge in [-0.3, -0.25) is 4.79 Å². The van der Waals surface area contributed by atoms with Crippen LogP contribution in [-0.4, -0.2) is 15.9 Å². The van der Waals surface area contributed by atoms with Gasteiger partial charge in [0.2, 0.25) is 0 Å². The summed E-state index contributed by atoms with van der Waals surface area (Å²) in [7, 11) is 0. The lowest BCUT2D eigenvalue weighted by molar-refractivity contribution is 0.0950. The molecule has 21 heavy (non-hydrogen) atoms. The van der Waals surface area contributed by atoms with E-state index in [-0.39, 0.29) is 11.7 Å². The Kier molecular flexibility index (Phi) is 3.39. The molecule has 0 aliphatic rings. The summed E-state index contributed by atoms with van der Waals surface area (Å²) in [6.07, 6.45) is 0. The van der Waals surface area contributed by atoms with Crippen LogP contribution in [0.25, 0.3) is 11.0 Å². The number of hydrogen-bond acceptors (Lipinski definition) is 2. The van der Waals surface area contributed by atoms with Crippen LogP contribution in [0.3, 0.4) is 0 Å². The highest BCUT2D eigenvalue weighted by molar-refractivity contribution is 5.94. The van der Waals surface area contributed by atoms with Crippen LogP contribution in [0.2, 0.25) is 0 Å². The predicted octanol–water partition coefficient (Wildman–Crippen LogP) is 2.94. The van der Waals surface area contributed by atoms with Crippen molar-refractivity contribution in [2.24, 2.45) is 0 Å². The predicted molar refractivity (Wildman–Crippen MR) is 78.4 cm³/mol. The van der Waals surface area contributed by atoms with Crippen LogP contribution < -0.4 is 5.32 Å². The average Bonchev–Trinajstić information content (AvgIpc) is 2.87. The van der Waals surface area contributed by atoms with Crippen LogP contribution in [-0.2, 0) is 6.54 Å². The summed E-state index contributed by atoms with van der Waals surface area (Å²) in [6, 6.07) is 11.4. The Morgan fingerprint density at radius 2 is 2.00 bits per heavy atom. The second kappa shape index (κ2) is 5.36. The summed E-state index contributed by atoms with van der Waals surface area (Å²) >= 11 is 0. The number of fused-ring (bicyclic) bond motifs is 1. The smallest absolute Gasteiger partial charge is 0.251 e. The molecule has 0 aliphatic heterocycles. The first-order chi connectivity index (χ1) is 10.1. The molecule has 106 valence electrons. The molecule has 1 aromatic heterocycles. The molecule has 0 fully saturated rings. The SMILES string of the molecule is Cc1ccc2nc(CNC(=O)c3ccc(F)cc3)[nH]c2c1. The highest BCUT2D eigenvalue weighted by atomic mass is 19.1. The van der Waals surface area contributed by atoms with E-state index in [1.807, 2.05) is 25.1 Å². The Morgan fingerprint density at radius 3 is 2.76 bits per heavy atom. The lowest BCUT2D eigenvalue weighted by Crippen LogP contribution is -2.23. The van der Waals surface area contributed by atoms with Crippen LogP contribution >= 0.6 is 0 Å². The van der Waals surface area contributed by atoms with E-state index in [1.54, 1.807) is 0 Å². The summed E-state index contributed by atoms with van der Waals surface area (Å²) in [6.45, 7) is 2.31. The molecular formula is C16H14FN3O. The van der Waals surface area contributed by atoms with Crippen molar-refractivity contribution in [2.75, 3.05) is 0 Å². The minimum absolute atomic E-state index is 0.258. The quantitative estimate of drug-likeness (QED) is 0.776. The van der Waals surface area contributed by atoms with Crippen molar-refractivity contribution in [1.29, 1.82) is 0 Å². The fourth-order valence-corrected chi connectivity index (χ4v) is 2.13. The Morgan fingerprint density at radius 1 is 1.24 bits per heavy atom. The normalized spacial score (nSPS) is 10.8. The van der Waals surface area contributed by atoms with E-state index in [9.17, 15) is 9.18 Å². The van der Waals surface area contributed by atoms with Crippen molar-refractivity contribution >= 4 is 16.9 Å². The fraction of sp³-hybridized carbons (Fsp3) is 0.125. The molecule has 5 heteroatoms. The largest absolute Gasteiger partial charge is 0.345 e. The molecule has 2 aromatic carbocycles. The summed E-state index contributed by atoms with van der Waals surface area (Å²) < 4.78 is 12.8. The number of nitrogens with zero attached hydrogens (tertiary/aromatic N) is 1. The van der Waals surface area contributed by atoms with Gasteiger partial charge in [-0.1, -0.05) is 6.07 Å². The lowest BCUT2D eigenvalue weighted by atomic mass is 10.2. The van der Waals surface area contributed by atoms with Gasteiger partial charge in [-0.2, -0.15) is 0 Å². The Bertz CT molecular complexity index is 793. The summed E-state index contributed by atoms with van der Waals surface area (Å²) in [5.41, 5.74) is 3.38. The number of imidazole rings is 1. The van der Waals surface area contributed by atoms with Gasteiger partial charge in [0, 0.05) is 5.56 Å². The monoisotopic (exact) mass is 283 g/mol. The number of aromatic amines is 1. The maximum atomic E-state index is 12.8. The number of rotatable bonds is 3. The molecule has 0 radical (unpaired) electrons. The maximum Gasteiger partial charge on any atom is 0.251 e. The highest BCUT2D eigenvalue weighted by Gasteiger charge is 2.07. The van der Waals surface area contributed by atoms with Gasteiger partial charge in [0.05, 0.1) is 17.6 Å². The molecule has 2 N–H and O–H groups in total. The standard InChI is InChI=1S/C16H14FN3O/c1-10-2-7-13-14(8-10)20-15(19-13)9-18-16(21)11-3-5-12(17)6-4-11/h2-8H,9H2,1H3,(H,18,21)(H,19,20). The van der Waals surface area contributed by atoms with Gasteiger partial charge in [0.25, 0.3) is 5.91 Å². The Balaban J connectivity index is 1.71. The number of aromatic nitrogens is 2. The number of amides is 1. The zero-order chi connectivity index (χ0) is 14.8. The second-order valence-corrected chi connectivity index (χ2v) is 4.89. The van der Waals surface area contributed by atoms with Gasteiger partial charge in [-0.25, -0.2) is 9.37 Å². The van der Waals surface area contributed by atoms with Gasteiger partial charge in [0.1, 0.15) is 11.6 Å². The van der Waals surface area contributed by atoms with Crippen molar-refractivity contribution in [3.8, 4) is 0 Å². The van der Waals surface area contributed by atoms with Gasteiger partial charge >= 0.3 is 0 Å². The molecule has 0 spiro atoms. The van der Waals surface area contributed by atoms with E-state index in [2.05, 4.69) is 15.3 Å². The van der Waals surface area contributed by atoms with Gasteiger partial charge in [0.15, 0.2) is 0 Å². The molecule has 3 rings (SSSR count). The molecule has 1 amide bonds. The maximum absolute atomic E-state index is 12.8. The van der Waals surface area contributed by atoms with Gasteiger partial charge < -0.3 is 10.3 Å². The molecule has 3 aromatic rings. The van der Waals surface area contributed by atoms with Gasteiger partial charge in [-0.05, 0) is 48.9 Å². The number of nitrogens with one attached hydrogen (secondary N) is 2. The molecule has 4 nitrogen and oxygen atoms in total. The third kappa shape index (κ3) is 2.91. The Labute approximate surface area is 121 Å². The van der Waals surface area contributed by atoms with Crippen molar-refractivity contribution in [3.05, 3.63) is 65.2 Å². The fourth-order valence-electron chi connectivity index (χ4n) is 2.13. The van der Waals surface area contributed by atoms with E-state index in [4.69, 9.17) is 0 Å². The highest BCUT2D eigenvalue weighted by Crippen LogP contribution is 2.13. The number of carbonyl (C=O) groups is 1. The lowest BCUT2D eigenvalue weighted by Gasteiger charge is -2.02. The first-order valence-electron chi connectivity index (χ1n) is 6.61. The van der Waals surface area contributed by atoms with Crippen molar-refractivity contribution in [2.45, 2.75) is 13.5 Å². The van der Waals surface area contributed by atoms with Crippen LogP contribution in [0.1, 0.15) is 21.7 Å². The summed E-state index contributed by atoms with van der Waals surface area (Å²) in [4.78, 5) is 19.5. The minimum Gasteiger partial charge on any atom is -0.345 e. The zero-order valence-corrected chi connectivity index (χ0v) is 11.5. The average molecular weight is 283 g/mol. The molecule has 1 heterocycles. The van der Waals surface area contributed by atoms with Crippen molar-refractivity contribution in [3.63, 3.8) is 0 Å². The first kappa shape index (κ1) is 13.3. The topological polar surface area (TPSA) is 57.8 Å². The molecule has 0 saturated heterocycles. The second-order valence-electron chi connectivity index (χ2n) is 4.89. The molecular weight excluding hydrogens is 269 g/mol. The third-order valence-electron chi connectivity index (χ3n) is 3.21. The molecule has 0 bridgehead atoms. The minimum atomic E-state index is -0.362. The number of H-pyrrole nitrogens is 1. The van der Waals surface area contributed by atoms with Crippen molar-refractivity contribution < 1.29 is 9.18 Å². The number of carbonyl (C=O) groups excluding carboxylic acids is 1. The number of halogens is 1. The summed E-state index contributed by atoms with van der Waals surface area (Å²) in [5, 5.41) is 2.76.